The Labute approximate surface area is 152 Å². The molecule has 0 spiro atoms. The zero-order valence-electron chi connectivity index (χ0n) is 13.7. The van der Waals surface area contributed by atoms with E-state index in [1.165, 1.54) is 28.9 Å². The predicted octanol–water partition coefficient (Wildman–Crippen LogP) is 4.70. The van der Waals surface area contributed by atoms with Crippen molar-refractivity contribution in [3.05, 3.63) is 41.7 Å². The van der Waals surface area contributed by atoms with Crippen LogP contribution in [-0.4, -0.2) is 16.8 Å². The molecule has 3 rings (SSSR count). The number of hydrogen-bond acceptors (Lipinski definition) is 6. The van der Waals surface area contributed by atoms with Crippen LogP contribution < -0.4 is 10.6 Å². The van der Waals surface area contributed by atoms with Crippen molar-refractivity contribution < 1.29 is 14.0 Å². The Balaban J connectivity index is 1.85. The quantitative estimate of drug-likeness (QED) is 0.654. The Kier molecular flexibility index (Phi) is 5.30. The van der Waals surface area contributed by atoms with Gasteiger partial charge in [0.25, 0.3) is 5.91 Å². The molecule has 8 heteroatoms. The van der Waals surface area contributed by atoms with Crippen molar-refractivity contribution in [1.82, 2.24) is 4.98 Å². The lowest BCUT2D eigenvalue weighted by atomic mass is 10.1. The van der Waals surface area contributed by atoms with Crippen LogP contribution in [-0.2, 0) is 4.79 Å². The van der Waals surface area contributed by atoms with Gasteiger partial charge in [0, 0.05) is 6.42 Å². The van der Waals surface area contributed by atoms with E-state index in [1.54, 1.807) is 12.1 Å². The largest absolute Gasteiger partial charge is 0.459 e. The number of aromatic nitrogens is 1. The highest BCUT2D eigenvalue weighted by molar-refractivity contribution is 7.21. The van der Waals surface area contributed by atoms with Gasteiger partial charge in [-0.3, -0.25) is 9.59 Å². The Bertz CT molecular complexity index is 852. The average Bonchev–Trinajstić information content (AvgIpc) is 3.28. The second-order valence-corrected chi connectivity index (χ2v) is 7.70. The second-order valence-electron chi connectivity index (χ2n) is 5.75. The molecule has 0 unspecified atom stereocenters. The predicted molar refractivity (Wildman–Crippen MR) is 100 cm³/mol. The van der Waals surface area contributed by atoms with E-state index in [1.807, 2.05) is 31.4 Å². The van der Waals surface area contributed by atoms with E-state index in [9.17, 15) is 9.59 Å². The zero-order chi connectivity index (χ0) is 17.8. The zero-order valence-corrected chi connectivity index (χ0v) is 15.4. The summed E-state index contributed by atoms with van der Waals surface area (Å²) in [4.78, 5) is 29.7. The van der Waals surface area contributed by atoms with E-state index in [-0.39, 0.29) is 23.5 Å². The Hall–Kier alpha value is -2.45. The van der Waals surface area contributed by atoms with Gasteiger partial charge in [0.1, 0.15) is 10.7 Å². The topological polar surface area (TPSA) is 84.2 Å². The molecule has 0 aliphatic rings. The normalized spacial score (nSPS) is 10.8. The van der Waals surface area contributed by atoms with E-state index in [2.05, 4.69) is 15.6 Å². The molecule has 0 aliphatic carbocycles. The van der Waals surface area contributed by atoms with Crippen molar-refractivity contribution in [3.8, 4) is 10.6 Å². The van der Waals surface area contributed by atoms with Crippen molar-refractivity contribution in [3.63, 3.8) is 0 Å². The molecule has 3 aromatic heterocycles. The Morgan fingerprint density at radius 2 is 2.08 bits per heavy atom. The fraction of sp³-hybridized carbons (Fsp3) is 0.235. The molecule has 130 valence electrons. The Morgan fingerprint density at radius 1 is 1.24 bits per heavy atom. The van der Waals surface area contributed by atoms with Gasteiger partial charge in [-0.15, -0.1) is 11.3 Å². The van der Waals surface area contributed by atoms with Crippen LogP contribution >= 0.6 is 22.7 Å². The van der Waals surface area contributed by atoms with E-state index in [0.29, 0.717) is 22.2 Å². The number of nitrogens with one attached hydrogen (secondary N) is 2. The fourth-order valence-electron chi connectivity index (χ4n) is 2.15. The molecule has 0 bridgehead atoms. The SMILES string of the molecule is CC(C)CC(=O)Nc1nc(-c2cccs2)c(NC(=O)c2ccco2)s1. The maximum Gasteiger partial charge on any atom is 0.292 e. The molecule has 0 radical (unpaired) electrons. The van der Waals surface area contributed by atoms with Crippen LogP contribution in [0.1, 0.15) is 30.8 Å². The van der Waals surface area contributed by atoms with Gasteiger partial charge in [0.15, 0.2) is 10.9 Å². The van der Waals surface area contributed by atoms with Gasteiger partial charge in [-0.25, -0.2) is 4.98 Å². The van der Waals surface area contributed by atoms with Crippen LogP contribution in [0, 0.1) is 5.92 Å². The minimum atomic E-state index is -0.355. The monoisotopic (exact) mass is 375 g/mol. The molecule has 0 aliphatic heterocycles. The number of carbonyl (C=O) groups is 2. The van der Waals surface area contributed by atoms with Crippen molar-refractivity contribution in [2.75, 3.05) is 10.6 Å². The van der Waals surface area contributed by atoms with Crippen molar-refractivity contribution in [1.29, 1.82) is 0 Å². The first kappa shape index (κ1) is 17.4. The van der Waals surface area contributed by atoms with Gasteiger partial charge in [0.05, 0.1) is 11.1 Å². The summed E-state index contributed by atoms with van der Waals surface area (Å²) < 4.78 is 5.12. The molecule has 2 amide bonds. The van der Waals surface area contributed by atoms with E-state index >= 15 is 0 Å². The molecule has 6 nitrogen and oxygen atoms in total. The molecule has 0 saturated heterocycles. The van der Waals surface area contributed by atoms with Crippen LogP contribution in [0.25, 0.3) is 10.6 Å². The van der Waals surface area contributed by atoms with Crippen LogP contribution in [0.5, 0.6) is 0 Å². The first-order valence-electron chi connectivity index (χ1n) is 7.72. The molecule has 3 heterocycles. The Morgan fingerprint density at radius 3 is 2.72 bits per heavy atom. The van der Waals surface area contributed by atoms with Crippen LogP contribution in [0.3, 0.4) is 0 Å². The summed E-state index contributed by atoms with van der Waals surface area (Å²) in [6.45, 7) is 3.96. The number of thiophene rings is 1. The third kappa shape index (κ3) is 4.34. The van der Waals surface area contributed by atoms with Gasteiger partial charge >= 0.3 is 0 Å². The molecule has 25 heavy (non-hydrogen) atoms. The van der Waals surface area contributed by atoms with Gasteiger partial charge in [-0.1, -0.05) is 31.3 Å². The first-order chi connectivity index (χ1) is 12.0. The lowest BCUT2D eigenvalue weighted by Gasteiger charge is -2.03. The third-order valence-electron chi connectivity index (χ3n) is 3.19. The molecule has 0 saturated carbocycles. The maximum absolute atomic E-state index is 12.3. The molecule has 0 aromatic carbocycles. The van der Waals surface area contributed by atoms with Crippen molar-refractivity contribution in [2.45, 2.75) is 20.3 Å². The average molecular weight is 375 g/mol. The number of rotatable bonds is 6. The highest BCUT2D eigenvalue weighted by Crippen LogP contribution is 2.38. The highest BCUT2D eigenvalue weighted by atomic mass is 32.1. The first-order valence-corrected chi connectivity index (χ1v) is 9.42. The summed E-state index contributed by atoms with van der Waals surface area (Å²) >= 11 is 2.74. The van der Waals surface area contributed by atoms with Gasteiger partial charge in [-0.2, -0.15) is 0 Å². The standard InChI is InChI=1S/C17H17N3O3S2/c1-10(2)9-13(21)18-17-19-14(12-6-4-8-24-12)16(25-17)20-15(22)11-5-3-7-23-11/h3-8,10H,9H2,1-2H3,(H,20,22)(H,18,19,21). The van der Waals surface area contributed by atoms with Crippen molar-refractivity contribution in [2.24, 2.45) is 5.92 Å². The van der Waals surface area contributed by atoms with E-state index < -0.39 is 0 Å². The highest BCUT2D eigenvalue weighted by Gasteiger charge is 2.19. The van der Waals surface area contributed by atoms with Crippen LogP contribution in [0.4, 0.5) is 10.1 Å². The summed E-state index contributed by atoms with van der Waals surface area (Å²) in [5.41, 5.74) is 0.639. The number of hydrogen-bond donors (Lipinski definition) is 2. The van der Waals surface area contributed by atoms with Crippen LogP contribution in [0.15, 0.2) is 40.3 Å². The van der Waals surface area contributed by atoms with Gasteiger partial charge in [-0.05, 0) is 29.5 Å². The smallest absolute Gasteiger partial charge is 0.292 e. The molecule has 2 N–H and O–H groups in total. The lowest BCUT2D eigenvalue weighted by molar-refractivity contribution is -0.116. The summed E-state index contributed by atoms with van der Waals surface area (Å²) in [5.74, 6) is 0.0303. The summed E-state index contributed by atoms with van der Waals surface area (Å²) in [5, 5.41) is 8.59. The molecule has 0 fully saturated rings. The number of furan rings is 1. The molecular weight excluding hydrogens is 358 g/mol. The minimum Gasteiger partial charge on any atom is -0.459 e. The van der Waals surface area contributed by atoms with E-state index in [0.717, 1.165) is 4.88 Å². The summed E-state index contributed by atoms with van der Waals surface area (Å²) in [6, 6.07) is 7.07. The second kappa shape index (κ2) is 7.62. The fourth-order valence-corrected chi connectivity index (χ4v) is 3.83. The lowest BCUT2D eigenvalue weighted by Crippen LogP contribution is -2.13. The summed E-state index contributed by atoms with van der Waals surface area (Å²) in [6.07, 6.45) is 1.86. The van der Waals surface area contributed by atoms with Gasteiger partial charge < -0.3 is 15.1 Å². The maximum atomic E-state index is 12.3. The minimum absolute atomic E-state index is 0.0922. The van der Waals surface area contributed by atoms with Crippen LogP contribution in [0.2, 0.25) is 0 Å². The molecular formula is C17H17N3O3S2. The third-order valence-corrected chi connectivity index (χ3v) is 4.96. The number of carbonyl (C=O) groups excluding carboxylic acids is 2. The van der Waals surface area contributed by atoms with Crippen molar-refractivity contribution >= 4 is 44.6 Å². The molecule has 0 atom stereocenters. The summed E-state index contributed by atoms with van der Waals surface area (Å²) in [7, 11) is 0. The number of thiazole rings is 1. The molecule has 3 aromatic rings. The number of nitrogens with zero attached hydrogens (tertiary/aromatic N) is 1. The van der Waals surface area contributed by atoms with E-state index in [4.69, 9.17) is 4.42 Å². The number of amides is 2. The number of anilines is 2. The van der Waals surface area contributed by atoms with Gasteiger partial charge in [0.2, 0.25) is 5.91 Å².